The average molecular weight is 403 g/mol. The molecule has 140 valence electrons. The molecule has 0 fully saturated rings. The van der Waals surface area contributed by atoms with Gasteiger partial charge in [-0.25, -0.2) is 4.98 Å². The smallest absolute Gasteiger partial charge is 0.237 e. The summed E-state index contributed by atoms with van der Waals surface area (Å²) < 4.78 is 5.25. The van der Waals surface area contributed by atoms with Gasteiger partial charge in [0, 0.05) is 10.6 Å². The molecule has 27 heavy (non-hydrogen) atoms. The number of aromatic amines is 1. The lowest BCUT2D eigenvalue weighted by Gasteiger charge is -2.13. The molecular formula is C19H19ClN4O2S. The molecule has 0 aliphatic carbocycles. The maximum Gasteiger partial charge on any atom is 0.237 e. The van der Waals surface area contributed by atoms with Crippen molar-refractivity contribution in [2.24, 2.45) is 0 Å². The number of amides is 1. The number of nitrogens with zero attached hydrogens (tertiary/aromatic N) is 2. The zero-order valence-corrected chi connectivity index (χ0v) is 16.7. The third-order valence-electron chi connectivity index (χ3n) is 3.86. The molecule has 1 aromatic heterocycles. The number of H-pyrrole nitrogens is 1. The first-order chi connectivity index (χ1) is 13.0. The fraction of sp³-hybridized carbons (Fsp3) is 0.211. The lowest BCUT2D eigenvalue weighted by molar-refractivity contribution is -0.115. The maximum atomic E-state index is 12.5. The molecule has 0 bridgehead atoms. The van der Waals surface area contributed by atoms with Gasteiger partial charge in [0.1, 0.15) is 5.75 Å². The Labute approximate surface area is 166 Å². The van der Waals surface area contributed by atoms with Crippen LogP contribution in [0.4, 0.5) is 5.69 Å². The number of anilines is 1. The molecule has 0 saturated carbocycles. The van der Waals surface area contributed by atoms with E-state index in [1.165, 1.54) is 24.4 Å². The van der Waals surface area contributed by atoms with Crippen LogP contribution in [0.3, 0.4) is 0 Å². The van der Waals surface area contributed by atoms with E-state index in [1.807, 2.05) is 31.2 Å². The Morgan fingerprint density at radius 3 is 2.70 bits per heavy atom. The van der Waals surface area contributed by atoms with Gasteiger partial charge >= 0.3 is 0 Å². The third-order valence-corrected chi connectivity index (χ3v) is 5.06. The van der Waals surface area contributed by atoms with E-state index in [-0.39, 0.29) is 5.91 Å². The Hall–Kier alpha value is -2.51. The van der Waals surface area contributed by atoms with Crippen molar-refractivity contribution in [3.05, 3.63) is 53.1 Å². The van der Waals surface area contributed by atoms with Crippen LogP contribution in [-0.2, 0) is 4.79 Å². The van der Waals surface area contributed by atoms with E-state index in [9.17, 15) is 4.79 Å². The second-order valence-corrected chi connectivity index (χ2v) is 7.67. The van der Waals surface area contributed by atoms with E-state index < -0.39 is 5.25 Å². The second kappa shape index (κ2) is 8.45. The molecule has 2 aromatic carbocycles. The largest absolute Gasteiger partial charge is 0.495 e. The zero-order chi connectivity index (χ0) is 19.4. The van der Waals surface area contributed by atoms with Crippen LogP contribution in [0.5, 0.6) is 5.75 Å². The van der Waals surface area contributed by atoms with Crippen LogP contribution in [-0.4, -0.2) is 33.4 Å². The molecule has 3 rings (SSSR count). The summed E-state index contributed by atoms with van der Waals surface area (Å²) in [5.74, 6) is 1.02. The van der Waals surface area contributed by atoms with Gasteiger partial charge in [-0.1, -0.05) is 53.2 Å². The number of halogens is 1. The Morgan fingerprint density at radius 2 is 2.00 bits per heavy atom. The number of carbonyl (C=O) groups is 1. The molecule has 0 unspecified atom stereocenters. The van der Waals surface area contributed by atoms with Crippen molar-refractivity contribution in [1.29, 1.82) is 0 Å². The third kappa shape index (κ3) is 4.81. The second-order valence-electron chi connectivity index (χ2n) is 5.93. The van der Waals surface area contributed by atoms with Crippen molar-refractivity contribution in [2.75, 3.05) is 12.4 Å². The minimum atomic E-state index is -0.407. The molecule has 6 nitrogen and oxygen atoms in total. The minimum Gasteiger partial charge on any atom is -0.495 e. The summed E-state index contributed by atoms with van der Waals surface area (Å²) >= 11 is 7.27. The van der Waals surface area contributed by atoms with Gasteiger partial charge in [-0.3, -0.25) is 9.89 Å². The summed E-state index contributed by atoms with van der Waals surface area (Å²) in [5.41, 5.74) is 2.65. The highest BCUT2D eigenvalue weighted by atomic mass is 35.5. The summed E-state index contributed by atoms with van der Waals surface area (Å²) in [4.78, 5) is 17.0. The van der Waals surface area contributed by atoms with E-state index in [4.69, 9.17) is 16.3 Å². The van der Waals surface area contributed by atoms with E-state index in [0.29, 0.717) is 27.4 Å². The molecular weight excluding hydrogens is 384 g/mol. The Kier molecular flexibility index (Phi) is 6.03. The van der Waals surface area contributed by atoms with Crippen molar-refractivity contribution in [3.63, 3.8) is 0 Å². The molecule has 1 atom stereocenters. The Bertz CT molecular complexity index is 943. The quantitative estimate of drug-likeness (QED) is 0.591. The number of nitrogens with one attached hydrogen (secondary N) is 2. The first-order valence-electron chi connectivity index (χ1n) is 8.27. The topological polar surface area (TPSA) is 79.9 Å². The summed E-state index contributed by atoms with van der Waals surface area (Å²) in [6.45, 7) is 3.82. The van der Waals surface area contributed by atoms with Crippen molar-refractivity contribution < 1.29 is 9.53 Å². The number of carbonyl (C=O) groups excluding carboxylic acids is 1. The van der Waals surface area contributed by atoms with Crippen LogP contribution in [0.1, 0.15) is 12.5 Å². The van der Waals surface area contributed by atoms with Crippen LogP contribution < -0.4 is 10.1 Å². The van der Waals surface area contributed by atoms with Gasteiger partial charge < -0.3 is 10.1 Å². The summed E-state index contributed by atoms with van der Waals surface area (Å²) in [6, 6.07) is 13.0. The van der Waals surface area contributed by atoms with Crippen molar-refractivity contribution in [3.8, 4) is 17.1 Å². The van der Waals surface area contributed by atoms with Gasteiger partial charge in [-0.05, 0) is 32.0 Å². The first kappa shape index (κ1) is 19.3. The number of aromatic nitrogens is 3. The fourth-order valence-electron chi connectivity index (χ4n) is 2.36. The van der Waals surface area contributed by atoms with Gasteiger partial charge in [0.15, 0.2) is 5.82 Å². The molecule has 0 saturated heterocycles. The molecule has 1 heterocycles. The van der Waals surface area contributed by atoms with Crippen molar-refractivity contribution in [2.45, 2.75) is 24.3 Å². The van der Waals surface area contributed by atoms with Gasteiger partial charge in [-0.15, -0.1) is 5.10 Å². The molecule has 0 aliphatic heterocycles. The highest BCUT2D eigenvalue weighted by Gasteiger charge is 2.19. The van der Waals surface area contributed by atoms with Gasteiger partial charge in [0.25, 0.3) is 0 Å². The van der Waals surface area contributed by atoms with Crippen LogP contribution in [0.25, 0.3) is 11.4 Å². The standard InChI is InChI=1S/C19H19ClN4O2S/c1-11-4-6-13(7-5-11)17-22-19(24-23-17)27-12(2)18(25)21-15-10-14(20)8-9-16(15)26-3/h4-10,12H,1-3H3,(H,21,25)(H,22,23,24)/t12-/m0/s1. The van der Waals surface area contributed by atoms with Crippen LogP contribution in [0.15, 0.2) is 47.6 Å². The molecule has 2 N–H and O–H groups in total. The Balaban J connectivity index is 1.67. The molecule has 1 amide bonds. The normalized spacial score (nSPS) is 11.9. The van der Waals surface area contributed by atoms with E-state index >= 15 is 0 Å². The average Bonchev–Trinajstić information content (AvgIpc) is 3.11. The predicted molar refractivity (Wildman–Crippen MR) is 109 cm³/mol. The van der Waals surface area contributed by atoms with Gasteiger partial charge in [-0.2, -0.15) is 0 Å². The van der Waals surface area contributed by atoms with Gasteiger partial charge in [0.05, 0.1) is 18.0 Å². The van der Waals surface area contributed by atoms with Crippen molar-refractivity contribution in [1.82, 2.24) is 15.2 Å². The van der Waals surface area contributed by atoms with E-state index in [0.717, 1.165) is 5.56 Å². The molecule has 0 radical (unpaired) electrons. The maximum absolute atomic E-state index is 12.5. The Morgan fingerprint density at radius 1 is 1.26 bits per heavy atom. The number of benzene rings is 2. The number of ether oxygens (including phenoxy) is 1. The minimum absolute atomic E-state index is 0.192. The summed E-state index contributed by atoms with van der Waals surface area (Å²) in [5, 5.41) is 10.6. The van der Waals surface area contributed by atoms with E-state index in [2.05, 4.69) is 20.5 Å². The van der Waals surface area contributed by atoms with Crippen LogP contribution in [0.2, 0.25) is 5.02 Å². The number of rotatable bonds is 6. The number of methoxy groups -OCH3 is 1. The zero-order valence-electron chi connectivity index (χ0n) is 15.1. The number of aryl methyl sites for hydroxylation is 1. The number of hydrogen-bond donors (Lipinski definition) is 2. The number of thioether (sulfide) groups is 1. The van der Waals surface area contributed by atoms with Gasteiger partial charge in [0.2, 0.25) is 11.1 Å². The summed E-state index contributed by atoms with van der Waals surface area (Å²) in [7, 11) is 1.54. The van der Waals surface area contributed by atoms with Crippen molar-refractivity contribution >= 4 is 35.0 Å². The van der Waals surface area contributed by atoms with Crippen LogP contribution in [0, 0.1) is 6.92 Å². The first-order valence-corrected chi connectivity index (χ1v) is 9.52. The lowest BCUT2D eigenvalue weighted by Crippen LogP contribution is -2.22. The van der Waals surface area contributed by atoms with E-state index in [1.54, 1.807) is 25.1 Å². The highest BCUT2D eigenvalue weighted by molar-refractivity contribution is 8.00. The SMILES string of the molecule is COc1ccc(Cl)cc1NC(=O)[C@H](C)Sc1n[nH]c(-c2ccc(C)cc2)n1. The monoisotopic (exact) mass is 402 g/mol. The predicted octanol–water partition coefficient (Wildman–Crippen LogP) is 4.56. The number of hydrogen-bond acceptors (Lipinski definition) is 5. The lowest BCUT2D eigenvalue weighted by atomic mass is 10.1. The molecule has 0 spiro atoms. The molecule has 3 aromatic rings. The summed E-state index contributed by atoms with van der Waals surface area (Å²) in [6.07, 6.45) is 0. The molecule has 0 aliphatic rings. The highest BCUT2D eigenvalue weighted by Crippen LogP contribution is 2.29. The fourth-order valence-corrected chi connectivity index (χ4v) is 3.26. The van der Waals surface area contributed by atoms with Crippen LogP contribution >= 0.6 is 23.4 Å². The molecule has 8 heteroatoms.